The molecule has 122 valence electrons. The Morgan fingerprint density at radius 3 is 2.73 bits per heavy atom. The quantitative estimate of drug-likeness (QED) is 0.816. The zero-order valence-electron chi connectivity index (χ0n) is 13.1. The Labute approximate surface area is 137 Å². The summed E-state index contributed by atoms with van der Waals surface area (Å²) in [5.41, 5.74) is 8.08. The second kappa shape index (κ2) is 8.15. The Morgan fingerprint density at radius 1 is 1.36 bits per heavy atom. The van der Waals surface area contributed by atoms with Crippen LogP contribution in [0.5, 0.6) is 0 Å². The predicted molar refractivity (Wildman–Crippen MR) is 86.8 cm³/mol. The van der Waals surface area contributed by atoms with Crippen molar-refractivity contribution < 1.29 is 14.3 Å². The highest BCUT2D eigenvalue weighted by atomic mass is 35.5. The van der Waals surface area contributed by atoms with Crippen molar-refractivity contribution in [1.29, 1.82) is 0 Å². The number of amides is 1. The van der Waals surface area contributed by atoms with Crippen LogP contribution in [0.4, 0.5) is 0 Å². The molecule has 1 aliphatic rings. The molecule has 0 spiro atoms. The molecule has 1 aromatic rings. The molecule has 1 heterocycles. The molecule has 0 saturated carbocycles. The fourth-order valence-electron chi connectivity index (χ4n) is 2.92. The van der Waals surface area contributed by atoms with Gasteiger partial charge in [-0.05, 0) is 30.4 Å². The van der Waals surface area contributed by atoms with Crippen LogP contribution in [0.25, 0.3) is 0 Å². The topological polar surface area (TPSA) is 67.4 Å². The summed E-state index contributed by atoms with van der Waals surface area (Å²) in [5, 5.41) is 0. The third-order valence-electron chi connectivity index (χ3n) is 3.99. The van der Waals surface area contributed by atoms with Gasteiger partial charge in [0.15, 0.2) is 0 Å². The Kier molecular flexibility index (Phi) is 6.84. The number of rotatable bonds is 5. The lowest BCUT2D eigenvalue weighted by Crippen LogP contribution is -2.43. The minimum absolute atomic E-state index is 0. The molecule has 1 aromatic carbocycles. The molecule has 0 aromatic heterocycles. The van der Waals surface area contributed by atoms with Crippen LogP contribution in [0, 0.1) is 5.92 Å². The van der Waals surface area contributed by atoms with Gasteiger partial charge in [0.25, 0.3) is 5.91 Å². The van der Waals surface area contributed by atoms with Crippen molar-refractivity contribution >= 4 is 24.3 Å². The van der Waals surface area contributed by atoms with Crippen molar-refractivity contribution in [2.45, 2.75) is 39.7 Å². The molecule has 0 saturated heterocycles. The number of nitrogens with one attached hydrogen (secondary N) is 2. The van der Waals surface area contributed by atoms with Gasteiger partial charge in [0.05, 0.1) is 12.5 Å². The molecular weight excluding hydrogens is 304 g/mol. The second-order valence-electron chi connectivity index (χ2n) is 5.24. The first-order chi connectivity index (χ1) is 10.1. The number of benzene rings is 1. The maximum atomic E-state index is 12.2. The molecule has 5 nitrogen and oxygen atoms in total. The Hall–Kier alpha value is -1.59. The van der Waals surface area contributed by atoms with E-state index in [1.54, 1.807) is 6.92 Å². The molecule has 0 aliphatic carbocycles. The summed E-state index contributed by atoms with van der Waals surface area (Å²) in [6, 6.07) is 5.81. The Balaban J connectivity index is 0.00000242. The van der Waals surface area contributed by atoms with Gasteiger partial charge in [-0.2, -0.15) is 0 Å². The van der Waals surface area contributed by atoms with Crippen molar-refractivity contribution in [3.05, 3.63) is 34.9 Å². The number of hydrogen-bond donors (Lipinski definition) is 2. The molecular formula is C16H23ClN2O3. The van der Waals surface area contributed by atoms with Crippen LogP contribution in [0.2, 0.25) is 0 Å². The molecule has 22 heavy (non-hydrogen) atoms. The number of carbonyl (C=O) groups excluding carboxylic acids is 2. The highest BCUT2D eigenvalue weighted by Gasteiger charge is 2.30. The van der Waals surface area contributed by atoms with Gasteiger partial charge >= 0.3 is 5.97 Å². The largest absolute Gasteiger partial charge is 0.466 e. The second-order valence-corrected chi connectivity index (χ2v) is 5.24. The SMILES string of the molecule is CCOC(=O)[C@@H](C)[C@@H](CC)c1cccc2c1C(=O)NNC2.Cl. The van der Waals surface area contributed by atoms with Crippen LogP contribution in [0.1, 0.15) is 54.6 Å². The molecule has 0 fully saturated rings. The van der Waals surface area contributed by atoms with Crippen molar-refractivity contribution in [1.82, 2.24) is 10.9 Å². The van der Waals surface area contributed by atoms with Crippen LogP contribution in [0.15, 0.2) is 18.2 Å². The number of ether oxygens (including phenoxy) is 1. The zero-order valence-corrected chi connectivity index (χ0v) is 14.0. The van der Waals surface area contributed by atoms with Crippen LogP contribution in [0.3, 0.4) is 0 Å². The molecule has 0 radical (unpaired) electrons. The lowest BCUT2D eigenvalue weighted by atomic mass is 9.81. The van der Waals surface area contributed by atoms with E-state index < -0.39 is 0 Å². The van der Waals surface area contributed by atoms with Gasteiger partial charge in [0.1, 0.15) is 0 Å². The van der Waals surface area contributed by atoms with E-state index in [-0.39, 0.29) is 36.1 Å². The van der Waals surface area contributed by atoms with Gasteiger partial charge in [-0.15, -0.1) is 12.4 Å². The molecule has 0 bridgehead atoms. The maximum Gasteiger partial charge on any atom is 0.309 e. The number of esters is 1. The van der Waals surface area contributed by atoms with Crippen molar-refractivity contribution in [3.63, 3.8) is 0 Å². The van der Waals surface area contributed by atoms with Gasteiger partial charge in [0, 0.05) is 12.1 Å². The standard InChI is InChI=1S/C16H22N2O3.ClH/c1-4-12(10(3)16(20)21-5-2)13-8-6-7-11-9-17-18-15(19)14(11)13;/h6-8,10,12,17H,4-5,9H2,1-3H3,(H,18,19);1H/t10-,12+;/m0./s1. The third-order valence-corrected chi connectivity index (χ3v) is 3.99. The molecule has 2 rings (SSSR count). The predicted octanol–water partition coefficient (Wildman–Crippen LogP) is 2.55. The lowest BCUT2D eigenvalue weighted by Gasteiger charge is -2.27. The van der Waals surface area contributed by atoms with Crippen molar-refractivity contribution in [2.24, 2.45) is 5.92 Å². The van der Waals surface area contributed by atoms with Crippen LogP contribution in [-0.2, 0) is 16.1 Å². The van der Waals surface area contributed by atoms with Gasteiger partial charge < -0.3 is 4.74 Å². The van der Waals surface area contributed by atoms with Crippen molar-refractivity contribution in [3.8, 4) is 0 Å². The Bertz CT molecular complexity index is 548. The number of halogens is 1. The molecule has 2 atom stereocenters. The van der Waals surface area contributed by atoms with Crippen LogP contribution < -0.4 is 10.9 Å². The average Bonchev–Trinajstić information content (AvgIpc) is 2.48. The van der Waals surface area contributed by atoms with Crippen molar-refractivity contribution in [2.75, 3.05) is 6.61 Å². The fourth-order valence-corrected chi connectivity index (χ4v) is 2.92. The summed E-state index contributed by atoms with van der Waals surface area (Å²) in [6.07, 6.45) is 0.775. The van der Waals surface area contributed by atoms with E-state index in [0.29, 0.717) is 18.7 Å². The summed E-state index contributed by atoms with van der Waals surface area (Å²) in [7, 11) is 0. The van der Waals surface area contributed by atoms with Gasteiger partial charge in [0.2, 0.25) is 0 Å². The first-order valence-electron chi connectivity index (χ1n) is 7.41. The highest BCUT2D eigenvalue weighted by Crippen LogP contribution is 2.33. The fraction of sp³-hybridized carbons (Fsp3) is 0.500. The first-order valence-corrected chi connectivity index (χ1v) is 7.41. The number of carbonyl (C=O) groups is 2. The molecule has 1 amide bonds. The van der Waals surface area contributed by atoms with Crippen LogP contribution in [-0.4, -0.2) is 18.5 Å². The number of hydrazine groups is 1. The minimum atomic E-state index is -0.274. The highest BCUT2D eigenvalue weighted by molar-refractivity contribution is 5.98. The summed E-state index contributed by atoms with van der Waals surface area (Å²) < 4.78 is 5.13. The van der Waals surface area contributed by atoms with E-state index in [0.717, 1.165) is 17.5 Å². The Morgan fingerprint density at radius 2 is 2.09 bits per heavy atom. The normalized spacial score (nSPS) is 15.9. The van der Waals surface area contributed by atoms with Crippen LogP contribution >= 0.6 is 12.4 Å². The van der Waals surface area contributed by atoms with E-state index in [9.17, 15) is 9.59 Å². The van der Waals surface area contributed by atoms with E-state index in [2.05, 4.69) is 10.9 Å². The van der Waals surface area contributed by atoms with E-state index in [4.69, 9.17) is 4.74 Å². The van der Waals surface area contributed by atoms with Gasteiger partial charge in [-0.25, -0.2) is 5.43 Å². The third kappa shape index (κ3) is 3.59. The number of hydrogen-bond acceptors (Lipinski definition) is 4. The average molecular weight is 327 g/mol. The summed E-state index contributed by atoms with van der Waals surface area (Å²) in [5.74, 6) is -0.648. The molecule has 6 heteroatoms. The summed E-state index contributed by atoms with van der Waals surface area (Å²) >= 11 is 0. The monoisotopic (exact) mass is 326 g/mol. The van der Waals surface area contributed by atoms with E-state index in [1.165, 1.54) is 0 Å². The maximum absolute atomic E-state index is 12.2. The first kappa shape index (κ1) is 18.5. The zero-order chi connectivity index (χ0) is 15.4. The minimum Gasteiger partial charge on any atom is -0.466 e. The summed E-state index contributed by atoms with van der Waals surface area (Å²) in [6.45, 7) is 6.66. The van der Waals surface area contributed by atoms with Gasteiger partial charge in [-0.1, -0.05) is 32.0 Å². The molecule has 0 unspecified atom stereocenters. The van der Waals surface area contributed by atoms with E-state index >= 15 is 0 Å². The molecule has 2 N–H and O–H groups in total. The number of fused-ring (bicyclic) bond motifs is 1. The van der Waals surface area contributed by atoms with E-state index in [1.807, 2.05) is 32.0 Å². The smallest absolute Gasteiger partial charge is 0.309 e. The molecule has 1 aliphatic heterocycles. The lowest BCUT2D eigenvalue weighted by molar-refractivity contribution is -0.148. The summed E-state index contributed by atoms with van der Waals surface area (Å²) in [4.78, 5) is 24.2. The van der Waals surface area contributed by atoms with Gasteiger partial charge in [-0.3, -0.25) is 15.0 Å².